The Morgan fingerprint density at radius 3 is 1.93 bits per heavy atom. The lowest BCUT2D eigenvalue weighted by Crippen LogP contribution is -2.25. The molecule has 0 amide bonds. The molecule has 1 atom stereocenters. The SMILES string of the molecule is CC1=Cc2ccccc2C1c1ccc(F)cc1P(c1ccccc1)c1ccccc1. The van der Waals surface area contributed by atoms with Gasteiger partial charge in [-0.1, -0.05) is 103 Å². The van der Waals surface area contributed by atoms with E-state index in [1.54, 1.807) is 12.1 Å². The van der Waals surface area contributed by atoms with Crippen LogP contribution in [0.1, 0.15) is 29.5 Å². The minimum absolute atomic E-state index is 0.161. The Bertz CT molecular complexity index is 1170. The highest BCUT2D eigenvalue weighted by Crippen LogP contribution is 2.44. The largest absolute Gasteiger partial charge is 0.207 e. The van der Waals surface area contributed by atoms with Crippen LogP contribution in [0.15, 0.2) is 109 Å². The van der Waals surface area contributed by atoms with Gasteiger partial charge in [0.25, 0.3) is 0 Å². The Hall–Kier alpha value is -3.02. The molecular weight excluding hydrogens is 386 g/mol. The summed E-state index contributed by atoms with van der Waals surface area (Å²) in [6, 6.07) is 34.9. The second-order valence-corrected chi connectivity index (χ2v) is 9.85. The third-order valence-corrected chi connectivity index (χ3v) is 8.22. The van der Waals surface area contributed by atoms with Crippen LogP contribution in [0.5, 0.6) is 0 Å². The maximum atomic E-state index is 14.6. The van der Waals surface area contributed by atoms with E-state index in [0.717, 1.165) is 5.30 Å². The molecule has 0 radical (unpaired) electrons. The lowest BCUT2D eigenvalue weighted by atomic mass is 9.89. The van der Waals surface area contributed by atoms with Gasteiger partial charge in [-0.3, -0.25) is 0 Å². The zero-order valence-corrected chi connectivity index (χ0v) is 17.7. The lowest BCUT2D eigenvalue weighted by Gasteiger charge is -2.26. The van der Waals surface area contributed by atoms with Gasteiger partial charge in [0, 0.05) is 5.92 Å². The van der Waals surface area contributed by atoms with Crippen molar-refractivity contribution in [2.75, 3.05) is 0 Å². The molecule has 30 heavy (non-hydrogen) atoms. The lowest BCUT2D eigenvalue weighted by molar-refractivity contribution is 0.628. The average Bonchev–Trinajstić information content (AvgIpc) is 3.11. The second-order valence-electron chi connectivity index (χ2n) is 7.66. The number of rotatable bonds is 4. The molecule has 1 aliphatic rings. The van der Waals surface area contributed by atoms with Crippen molar-refractivity contribution < 1.29 is 4.39 Å². The highest BCUT2D eigenvalue weighted by Gasteiger charge is 2.29. The molecule has 0 heterocycles. The molecule has 4 aromatic rings. The average molecular weight is 408 g/mol. The van der Waals surface area contributed by atoms with Crippen LogP contribution in [-0.2, 0) is 0 Å². The molecule has 1 aliphatic carbocycles. The first-order valence-corrected chi connectivity index (χ1v) is 11.5. The first-order valence-electron chi connectivity index (χ1n) is 10.2. The summed E-state index contributed by atoms with van der Waals surface area (Å²) < 4.78 is 14.6. The third kappa shape index (κ3) is 3.40. The normalized spacial score (nSPS) is 15.2. The molecule has 4 aromatic carbocycles. The molecule has 0 nitrogen and oxygen atoms in total. The van der Waals surface area contributed by atoms with E-state index in [2.05, 4.69) is 85.8 Å². The van der Waals surface area contributed by atoms with E-state index >= 15 is 0 Å². The summed E-state index contributed by atoms with van der Waals surface area (Å²) in [6.45, 7) is 2.19. The van der Waals surface area contributed by atoms with Gasteiger partial charge in [0.2, 0.25) is 0 Å². The molecule has 146 valence electrons. The van der Waals surface area contributed by atoms with Crippen molar-refractivity contribution in [3.8, 4) is 0 Å². The van der Waals surface area contributed by atoms with E-state index in [-0.39, 0.29) is 11.7 Å². The first-order chi connectivity index (χ1) is 14.7. The van der Waals surface area contributed by atoms with Gasteiger partial charge in [0.15, 0.2) is 0 Å². The van der Waals surface area contributed by atoms with Gasteiger partial charge in [-0.25, -0.2) is 4.39 Å². The van der Waals surface area contributed by atoms with Crippen molar-refractivity contribution in [3.63, 3.8) is 0 Å². The van der Waals surface area contributed by atoms with E-state index in [1.807, 2.05) is 18.2 Å². The zero-order chi connectivity index (χ0) is 20.5. The quantitative estimate of drug-likeness (QED) is 0.356. The van der Waals surface area contributed by atoms with Crippen LogP contribution in [-0.4, -0.2) is 0 Å². The van der Waals surface area contributed by atoms with Gasteiger partial charge in [0.05, 0.1) is 0 Å². The Labute approximate surface area is 178 Å². The Balaban J connectivity index is 1.74. The van der Waals surface area contributed by atoms with Crippen molar-refractivity contribution in [1.82, 2.24) is 0 Å². The van der Waals surface area contributed by atoms with Crippen molar-refractivity contribution in [3.05, 3.63) is 131 Å². The van der Waals surface area contributed by atoms with E-state index in [1.165, 1.54) is 32.9 Å². The Kier molecular flexibility index (Phi) is 5.07. The van der Waals surface area contributed by atoms with E-state index < -0.39 is 7.92 Å². The summed E-state index contributed by atoms with van der Waals surface area (Å²) in [5, 5.41) is 3.56. The van der Waals surface area contributed by atoms with Crippen LogP contribution >= 0.6 is 7.92 Å². The van der Waals surface area contributed by atoms with Crippen molar-refractivity contribution in [2.24, 2.45) is 0 Å². The van der Waals surface area contributed by atoms with E-state index in [9.17, 15) is 4.39 Å². The summed E-state index contributed by atoms with van der Waals surface area (Å²) >= 11 is 0. The van der Waals surface area contributed by atoms with Gasteiger partial charge in [-0.15, -0.1) is 0 Å². The molecule has 0 N–H and O–H groups in total. The topological polar surface area (TPSA) is 0 Å². The molecule has 0 aliphatic heterocycles. The molecule has 1 unspecified atom stereocenters. The number of halogens is 1. The van der Waals surface area contributed by atoms with Gasteiger partial charge in [-0.2, -0.15) is 0 Å². The maximum Gasteiger partial charge on any atom is 0.123 e. The van der Waals surface area contributed by atoms with Crippen LogP contribution < -0.4 is 15.9 Å². The van der Waals surface area contributed by atoms with Gasteiger partial charge < -0.3 is 0 Å². The molecule has 0 bridgehead atoms. The smallest absolute Gasteiger partial charge is 0.123 e. The van der Waals surface area contributed by atoms with Crippen LogP contribution in [0.3, 0.4) is 0 Å². The third-order valence-electron chi connectivity index (χ3n) is 5.72. The molecule has 0 saturated carbocycles. The predicted molar refractivity (Wildman–Crippen MR) is 127 cm³/mol. The summed E-state index contributed by atoms with van der Waals surface area (Å²) in [7, 11) is -0.875. The number of fused-ring (bicyclic) bond motifs is 1. The molecule has 0 fully saturated rings. The summed E-state index contributed by atoms with van der Waals surface area (Å²) in [5.74, 6) is -0.0183. The van der Waals surface area contributed by atoms with E-state index in [0.29, 0.717) is 0 Å². The van der Waals surface area contributed by atoms with Crippen LogP contribution in [0.2, 0.25) is 0 Å². The fraction of sp³-hybridized carbons (Fsp3) is 0.0714. The maximum absolute atomic E-state index is 14.6. The minimum Gasteiger partial charge on any atom is -0.207 e. The zero-order valence-electron chi connectivity index (χ0n) is 16.8. The fourth-order valence-corrected chi connectivity index (χ4v) is 6.94. The van der Waals surface area contributed by atoms with Gasteiger partial charge in [-0.05, 0) is 59.6 Å². The van der Waals surface area contributed by atoms with Crippen LogP contribution in [0.4, 0.5) is 4.39 Å². The van der Waals surface area contributed by atoms with Crippen molar-refractivity contribution >= 4 is 29.9 Å². The molecule has 5 rings (SSSR count). The number of hydrogen-bond acceptors (Lipinski definition) is 0. The molecule has 0 spiro atoms. The van der Waals surface area contributed by atoms with Crippen LogP contribution in [0, 0.1) is 5.82 Å². The summed E-state index contributed by atoms with van der Waals surface area (Å²) in [6.07, 6.45) is 2.26. The molecule has 2 heteroatoms. The Morgan fingerprint density at radius 1 is 0.667 bits per heavy atom. The summed E-state index contributed by atoms with van der Waals surface area (Å²) in [5.41, 5.74) is 5.08. The number of hydrogen-bond donors (Lipinski definition) is 0. The highest BCUT2D eigenvalue weighted by molar-refractivity contribution is 7.79. The monoisotopic (exact) mass is 408 g/mol. The number of allylic oxidation sites excluding steroid dienone is 1. The Morgan fingerprint density at radius 2 is 1.27 bits per heavy atom. The van der Waals surface area contributed by atoms with Gasteiger partial charge >= 0.3 is 0 Å². The predicted octanol–water partition coefficient (Wildman–Crippen LogP) is 6.13. The standard InChI is InChI=1S/C28H22FP/c1-20-18-21-10-8-9-15-25(21)28(20)26-17-16-22(29)19-27(26)30(23-11-4-2-5-12-23)24-13-6-3-7-14-24/h2-19,28H,1H3. The molecule has 0 saturated heterocycles. The fourth-order valence-electron chi connectivity index (χ4n) is 4.43. The van der Waals surface area contributed by atoms with E-state index in [4.69, 9.17) is 0 Å². The van der Waals surface area contributed by atoms with Crippen LogP contribution in [0.25, 0.3) is 6.08 Å². The molecule has 0 aromatic heterocycles. The second kappa shape index (κ2) is 8.01. The first kappa shape index (κ1) is 19.0. The molecular formula is C28H22FP. The summed E-state index contributed by atoms with van der Waals surface area (Å²) in [4.78, 5) is 0. The highest BCUT2D eigenvalue weighted by atomic mass is 31.1. The van der Waals surface area contributed by atoms with Crippen molar-refractivity contribution in [2.45, 2.75) is 12.8 Å². The minimum atomic E-state index is -0.875. The number of benzene rings is 4. The van der Waals surface area contributed by atoms with Crippen molar-refractivity contribution in [1.29, 1.82) is 0 Å². The van der Waals surface area contributed by atoms with Gasteiger partial charge in [0.1, 0.15) is 5.82 Å².